The molecule has 0 saturated heterocycles. The Kier molecular flexibility index (Phi) is 4.61. The van der Waals surface area contributed by atoms with E-state index in [0.717, 1.165) is 16.9 Å². The highest BCUT2D eigenvalue weighted by Crippen LogP contribution is 2.32. The number of para-hydroxylation sites is 1. The maximum Gasteiger partial charge on any atom is 0.257 e. The number of pyridine rings is 1. The van der Waals surface area contributed by atoms with Crippen LogP contribution in [0.4, 0.5) is 17.1 Å². The summed E-state index contributed by atoms with van der Waals surface area (Å²) in [5.41, 5.74) is 3.94. The van der Waals surface area contributed by atoms with E-state index in [1.165, 1.54) is 6.20 Å². The van der Waals surface area contributed by atoms with Crippen molar-refractivity contribution in [2.24, 2.45) is 0 Å². The number of carbonyl (C=O) groups excluding carboxylic acids is 1. The van der Waals surface area contributed by atoms with Crippen molar-refractivity contribution >= 4 is 23.0 Å². The Morgan fingerprint density at radius 2 is 1.78 bits per heavy atom. The van der Waals surface area contributed by atoms with Gasteiger partial charge in [0.15, 0.2) is 11.5 Å². The third-order valence-corrected chi connectivity index (χ3v) is 4.22. The number of hydrogen-bond donors (Lipinski definition) is 2. The third kappa shape index (κ3) is 3.84. The molecule has 1 aliphatic heterocycles. The lowest BCUT2D eigenvalue weighted by Crippen LogP contribution is -2.16. The fraction of sp³-hybridized carbons (Fsp3) is 0.143. The van der Waals surface area contributed by atoms with E-state index in [-0.39, 0.29) is 5.91 Å². The second-order valence-electron chi connectivity index (χ2n) is 6.21. The Morgan fingerprint density at radius 1 is 0.963 bits per heavy atom. The summed E-state index contributed by atoms with van der Waals surface area (Å²) >= 11 is 0. The van der Waals surface area contributed by atoms with Crippen LogP contribution in [0, 0.1) is 6.92 Å². The first-order valence-corrected chi connectivity index (χ1v) is 8.68. The number of benzene rings is 2. The van der Waals surface area contributed by atoms with Crippen LogP contribution in [-0.2, 0) is 0 Å². The Labute approximate surface area is 157 Å². The summed E-state index contributed by atoms with van der Waals surface area (Å²) in [4.78, 5) is 16.8. The van der Waals surface area contributed by atoms with Crippen LogP contribution in [0.3, 0.4) is 0 Å². The van der Waals surface area contributed by atoms with Crippen molar-refractivity contribution in [2.45, 2.75) is 6.92 Å². The molecule has 6 heteroatoms. The van der Waals surface area contributed by atoms with Crippen molar-refractivity contribution in [3.63, 3.8) is 0 Å². The number of rotatable bonds is 4. The van der Waals surface area contributed by atoms with E-state index in [1.54, 1.807) is 30.5 Å². The molecule has 2 heterocycles. The summed E-state index contributed by atoms with van der Waals surface area (Å²) < 4.78 is 11.0. The van der Waals surface area contributed by atoms with Crippen LogP contribution in [-0.4, -0.2) is 24.1 Å². The highest BCUT2D eigenvalue weighted by atomic mass is 16.6. The van der Waals surface area contributed by atoms with Crippen LogP contribution < -0.4 is 20.1 Å². The normalized spacial score (nSPS) is 12.3. The van der Waals surface area contributed by atoms with Crippen LogP contribution >= 0.6 is 0 Å². The van der Waals surface area contributed by atoms with Crippen molar-refractivity contribution in [1.29, 1.82) is 0 Å². The highest BCUT2D eigenvalue weighted by Gasteiger charge is 2.14. The molecule has 27 heavy (non-hydrogen) atoms. The molecule has 0 saturated carbocycles. The van der Waals surface area contributed by atoms with Crippen LogP contribution in [0.1, 0.15) is 15.9 Å². The Balaban J connectivity index is 1.50. The lowest BCUT2D eigenvalue weighted by molar-refractivity contribution is 0.102. The van der Waals surface area contributed by atoms with E-state index < -0.39 is 0 Å². The second kappa shape index (κ2) is 7.37. The van der Waals surface area contributed by atoms with E-state index in [4.69, 9.17) is 9.47 Å². The summed E-state index contributed by atoms with van der Waals surface area (Å²) in [6.45, 7) is 3.06. The predicted molar refractivity (Wildman–Crippen MR) is 104 cm³/mol. The molecule has 0 fully saturated rings. The number of ether oxygens (including phenoxy) is 2. The van der Waals surface area contributed by atoms with E-state index in [2.05, 4.69) is 15.6 Å². The minimum Gasteiger partial charge on any atom is -0.486 e. The number of aryl methyl sites for hydroxylation is 1. The molecule has 0 unspecified atom stereocenters. The fourth-order valence-electron chi connectivity index (χ4n) is 2.83. The highest BCUT2D eigenvalue weighted by molar-refractivity contribution is 6.04. The van der Waals surface area contributed by atoms with Gasteiger partial charge in [-0.2, -0.15) is 0 Å². The van der Waals surface area contributed by atoms with Gasteiger partial charge >= 0.3 is 0 Å². The van der Waals surface area contributed by atoms with Crippen LogP contribution in [0.2, 0.25) is 0 Å². The van der Waals surface area contributed by atoms with Crippen LogP contribution in [0.15, 0.2) is 60.9 Å². The molecule has 4 rings (SSSR count). The largest absolute Gasteiger partial charge is 0.486 e. The Hall–Kier alpha value is -3.54. The number of fused-ring (bicyclic) bond motifs is 1. The fourth-order valence-corrected chi connectivity index (χ4v) is 2.83. The molecule has 1 amide bonds. The molecule has 3 aromatic rings. The van der Waals surface area contributed by atoms with E-state index in [1.807, 2.05) is 31.2 Å². The van der Waals surface area contributed by atoms with E-state index >= 15 is 0 Å². The summed E-state index contributed by atoms with van der Waals surface area (Å²) in [5.74, 6) is 1.07. The molecule has 0 aliphatic carbocycles. The van der Waals surface area contributed by atoms with Crippen molar-refractivity contribution in [1.82, 2.24) is 4.98 Å². The zero-order chi connectivity index (χ0) is 18.6. The number of hydrogen-bond acceptors (Lipinski definition) is 5. The number of nitrogens with zero attached hydrogens (tertiary/aromatic N) is 1. The molecule has 0 atom stereocenters. The first-order valence-electron chi connectivity index (χ1n) is 8.68. The first kappa shape index (κ1) is 16.9. The maximum atomic E-state index is 12.6. The van der Waals surface area contributed by atoms with Gasteiger partial charge in [-0.15, -0.1) is 0 Å². The van der Waals surface area contributed by atoms with Crippen molar-refractivity contribution in [3.8, 4) is 11.5 Å². The van der Waals surface area contributed by atoms with Gasteiger partial charge in [0.2, 0.25) is 0 Å². The van der Waals surface area contributed by atoms with E-state index in [0.29, 0.717) is 36.0 Å². The molecule has 136 valence electrons. The van der Waals surface area contributed by atoms with E-state index in [9.17, 15) is 4.79 Å². The average molecular weight is 361 g/mol. The molecular weight excluding hydrogens is 342 g/mol. The zero-order valence-corrected chi connectivity index (χ0v) is 14.9. The molecule has 0 bridgehead atoms. The van der Waals surface area contributed by atoms with Gasteiger partial charge in [-0.1, -0.05) is 18.2 Å². The minimum atomic E-state index is -0.243. The van der Waals surface area contributed by atoms with Gasteiger partial charge < -0.3 is 20.1 Å². The van der Waals surface area contributed by atoms with Crippen molar-refractivity contribution in [2.75, 3.05) is 23.8 Å². The zero-order valence-electron chi connectivity index (χ0n) is 14.9. The predicted octanol–water partition coefficient (Wildman–Crippen LogP) is 4.16. The van der Waals surface area contributed by atoms with Gasteiger partial charge in [-0.25, -0.2) is 0 Å². The molecule has 1 aliphatic rings. The van der Waals surface area contributed by atoms with Gasteiger partial charge in [0.25, 0.3) is 5.91 Å². The molecule has 6 nitrogen and oxygen atoms in total. The SMILES string of the molecule is Cc1ccccc1Nc1cncc(C(=O)Nc2ccc3c(c2)OCCO3)c1. The summed E-state index contributed by atoms with van der Waals surface area (Å²) in [5, 5.41) is 6.16. The average Bonchev–Trinajstić information content (AvgIpc) is 2.70. The summed E-state index contributed by atoms with van der Waals surface area (Å²) in [7, 11) is 0. The smallest absolute Gasteiger partial charge is 0.257 e. The quantitative estimate of drug-likeness (QED) is 0.730. The number of anilines is 3. The Bertz CT molecular complexity index is 988. The molecule has 2 aromatic carbocycles. The number of carbonyl (C=O) groups is 1. The van der Waals surface area contributed by atoms with Gasteiger partial charge in [0, 0.05) is 23.6 Å². The van der Waals surface area contributed by atoms with Crippen molar-refractivity contribution < 1.29 is 14.3 Å². The topological polar surface area (TPSA) is 72.5 Å². The second-order valence-corrected chi connectivity index (χ2v) is 6.21. The lowest BCUT2D eigenvalue weighted by atomic mass is 10.2. The summed E-state index contributed by atoms with van der Waals surface area (Å²) in [6, 6.07) is 15.1. The van der Waals surface area contributed by atoms with Gasteiger partial charge in [0.1, 0.15) is 13.2 Å². The van der Waals surface area contributed by atoms with Gasteiger partial charge in [0.05, 0.1) is 17.4 Å². The summed E-state index contributed by atoms with van der Waals surface area (Å²) in [6.07, 6.45) is 3.23. The minimum absolute atomic E-state index is 0.243. The number of amides is 1. The van der Waals surface area contributed by atoms with Crippen LogP contribution in [0.5, 0.6) is 11.5 Å². The maximum absolute atomic E-state index is 12.6. The Morgan fingerprint density at radius 3 is 2.63 bits per heavy atom. The van der Waals surface area contributed by atoms with Crippen molar-refractivity contribution in [3.05, 3.63) is 72.1 Å². The first-order chi connectivity index (χ1) is 13.2. The third-order valence-electron chi connectivity index (χ3n) is 4.22. The molecule has 0 radical (unpaired) electrons. The van der Waals surface area contributed by atoms with Gasteiger partial charge in [-0.3, -0.25) is 9.78 Å². The standard InChI is InChI=1S/C21H19N3O3/c1-14-4-2-3-5-18(14)23-17-10-15(12-22-13-17)21(25)24-16-6-7-19-20(11-16)27-9-8-26-19/h2-7,10-13,23H,8-9H2,1H3,(H,24,25). The molecule has 0 spiro atoms. The van der Waals surface area contributed by atoms with Gasteiger partial charge in [-0.05, 0) is 36.8 Å². The molecular formula is C21H19N3O3. The number of nitrogens with one attached hydrogen (secondary N) is 2. The molecule has 2 N–H and O–H groups in total. The number of aromatic nitrogens is 1. The van der Waals surface area contributed by atoms with Crippen LogP contribution in [0.25, 0.3) is 0 Å². The monoisotopic (exact) mass is 361 g/mol. The molecule has 1 aromatic heterocycles. The lowest BCUT2D eigenvalue weighted by Gasteiger charge is -2.19.